The molecular weight excluding hydrogens is 265 g/mol. The number of rotatable bonds is 4. The summed E-state index contributed by atoms with van der Waals surface area (Å²) in [5.41, 5.74) is 5.88. The SMILES string of the molecule is NCC(Nc1ccccc1)c1ccccc1C(F)(F)F. The molecule has 0 radical (unpaired) electrons. The third kappa shape index (κ3) is 3.30. The van der Waals surface area contributed by atoms with E-state index in [-0.39, 0.29) is 12.1 Å². The van der Waals surface area contributed by atoms with Crippen LogP contribution in [0, 0.1) is 0 Å². The molecule has 0 saturated heterocycles. The highest BCUT2D eigenvalue weighted by Crippen LogP contribution is 2.35. The Morgan fingerprint density at radius 1 is 0.950 bits per heavy atom. The van der Waals surface area contributed by atoms with Gasteiger partial charge in [0.25, 0.3) is 0 Å². The third-order valence-corrected chi connectivity index (χ3v) is 2.99. The van der Waals surface area contributed by atoms with E-state index in [4.69, 9.17) is 5.73 Å². The lowest BCUT2D eigenvalue weighted by molar-refractivity contribution is -0.138. The lowest BCUT2D eigenvalue weighted by Crippen LogP contribution is -2.24. The number of halogens is 3. The minimum atomic E-state index is -4.39. The molecule has 0 fully saturated rings. The molecule has 1 unspecified atom stereocenters. The van der Waals surface area contributed by atoms with Crippen molar-refractivity contribution in [3.05, 3.63) is 65.7 Å². The highest BCUT2D eigenvalue weighted by molar-refractivity contribution is 5.47. The summed E-state index contributed by atoms with van der Waals surface area (Å²) in [6.45, 7) is 0.0714. The van der Waals surface area contributed by atoms with Gasteiger partial charge in [-0.15, -0.1) is 0 Å². The maximum absolute atomic E-state index is 13.0. The van der Waals surface area contributed by atoms with E-state index in [0.29, 0.717) is 0 Å². The molecule has 0 aliphatic rings. The fourth-order valence-electron chi connectivity index (χ4n) is 2.06. The topological polar surface area (TPSA) is 38.0 Å². The van der Waals surface area contributed by atoms with E-state index in [1.807, 2.05) is 18.2 Å². The first kappa shape index (κ1) is 14.4. The van der Waals surface area contributed by atoms with Gasteiger partial charge in [-0.3, -0.25) is 0 Å². The summed E-state index contributed by atoms with van der Waals surface area (Å²) in [7, 11) is 0. The quantitative estimate of drug-likeness (QED) is 0.893. The molecule has 0 aromatic heterocycles. The maximum atomic E-state index is 13.0. The van der Waals surface area contributed by atoms with E-state index in [9.17, 15) is 13.2 Å². The van der Waals surface area contributed by atoms with Crippen LogP contribution < -0.4 is 11.1 Å². The monoisotopic (exact) mass is 280 g/mol. The van der Waals surface area contributed by atoms with Gasteiger partial charge >= 0.3 is 6.18 Å². The molecule has 0 bridgehead atoms. The summed E-state index contributed by atoms with van der Waals surface area (Å²) >= 11 is 0. The molecule has 106 valence electrons. The van der Waals surface area contributed by atoms with Crippen LogP contribution in [0.2, 0.25) is 0 Å². The fraction of sp³-hybridized carbons (Fsp3) is 0.200. The summed E-state index contributed by atoms with van der Waals surface area (Å²) in [5, 5.41) is 3.03. The van der Waals surface area contributed by atoms with Crippen molar-refractivity contribution in [3.63, 3.8) is 0 Å². The molecule has 0 aliphatic carbocycles. The third-order valence-electron chi connectivity index (χ3n) is 2.99. The average molecular weight is 280 g/mol. The van der Waals surface area contributed by atoms with Crippen molar-refractivity contribution in [3.8, 4) is 0 Å². The second-order valence-corrected chi connectivity index (χ2v) is 4.38. The zero-order valence-corrected chi connectivity index (χ0v) is 10.7. The predicted molar refractivity (Wildman–Crippen MR) is 73.3 cm³/mol. The van der Waals surface area contributed by atoms with Crippen LogP contribution in [0.5, 0.6) is 0 Å². The smallest absolute Gasteiger partial charge is 0.377 e. The Morgan fingerprint density at radius 2 is 1.55 bits per heavy atom. The van der Waals surface area contributed by atoms with Crippen LogP contribution in [0.15, 0.2) is 54.6 Å². The number of hydrogen-bond donors (Lipinski definition) is 2. The predicted octanol–water partition coefficient (Wildman–Crippen LogP) is 3.82. The van der Waals surface area contributed by atoms with E-state index in [1.165, 1.54) is 12.1 Å². The number of hydrogen-bond acceptors (Lipinski definition) is 2. The van der Waals surface area contributed by atoms with Crippen molar-refractivity contribution < 1.29 is 13.2 Å². The molecule has 0 spiro atoms. The van der Waals surface area contributed by atoms with Gasteiger partial charge in [0.15, 0.2) is 0 Å². The second kappa shape index (κ2) is 5.96. The lowest BCUT2D eigenvalue weighted by atomic mass is 9.99. The minimum absolute atomic E-state index is 0.0714. The standard InChI is InChI=1S/C15H15F3N2/c16-15(17,18)13-9-5-4-8-12(13)14(10-19)20-11-6-2-1-3-7-11/h1-9,14,20H,10,19H2. The van der Waals surface area contributed by atoms with E-state index >= 15 is 0 Å². The van der Waals surface area contributed by atoms with Crippen molar-refractivity contribution in [2.75, 3.05) is 11.9 Å². The number of nitrogens with two attached hydrogens (primary N) is 1. The Labute approximate surface area is 115 Å². The first-order valence-corrected chi connectivity index (χ1v) is 6.20. The highest BCUT2D eigenvalue weighted by Gasteiger charge is 2.34. The van der Waals surface area contributed by atoms with Crippen LogP contribution in [-0.4, -0.2) is 6.54 Å². The first-order chi connectivity index (χ1) is 9.52. The zero-order chi connectivity index (χ0) is 14.6. The largest absolute Gasteiger partial charge is 0.416 e. The maximum Gasteiger partial charge on any atom is 0.416 e. The van der Waals surface area contributed by atoms with Crippen molar-refractivity contribution in [1.29, 1.82) is 0 Å². The molecule has 1 atom stereocenters. The molecule has 2 aromatic carbocycles. The second-order valence-electron chi connectivity index (χ2n) is 4.38. The van der Waals surface area contributed by atoms with Gasteiger partial charge in [0, 0.05) is 12.2 Å². The summed E-state index contributed by atoms with van der Waals surface area (Å²) in [5.74, 6) is 0. The Kier molecular flexibility index (Phi) is 4.29. The van der Waals surface area contributed by atoms with Gasteiger partial charge in [0.1, 0.15) is 0 Å². The Balaban J connectivity index is 2.33. The normalized spacial score (nSPS) is 13.0. The lowest BCUT2D eigenvalue weighted by Gasteiger charge is -2.22. The summed E-state index contributed by atoms with van der Waals surface area (Å²) in [4.78, 5) is 0. The Morgan fingerprint density at radius 3 is 2.15 bits per heavy atom. The molecule has 3 N–H and O–H groups in total. The number of alkyl halides is 3. The molecule has 0 saturated carbocycles. The molecule has 2 nitrogen and oxygen atoms in total. The van der Waals surface area contributed by atoms with E-state index in [1.54, 1.807) is 18.2 Å². The average Bonchev–Trinajstić information content (AvgIpc) is 2.45. The van der Waals surface area contributed by atoms with Crippen molar-refractivity contribution in [2.45, 2.75) is 12.2 Å². The number of anilines is 1. The van der Waals surface area contributed by atoms with Crippen molar-refractivity contribution >= 4 is 5.69 Å². The molecular formula is C15H15F3N2. The van der Waals surface area contributed by atoms with Gasteiger partial charge < -0.3 is 11.1 Å². The van der Waals surface area contributed by atoms with Crippen LogP contribution in [0.1, 0.15) is 17.2 Å². The van der Waals surface area contributed by atoms with Crippen LogP contribution in [0.4, 0.5) is 18.9 Å². The van der Waals surface area contributed by atoms with Gasteiger partial charge in [-0.1, -0.05) is 36.4 Å². The molecule has 0 amide bonds. The van der Waals surface area contributed by atoms with Crippen LogP contribution >= 0.6 is 0 Å². The summed E-state index contributed by atoms with van der Waals surface area (Å²) in [6, 6.07) is 13.9. The van der Waals surface area contributed by atoms with Crippen LogP contribution in [0.3, 0.4) is 0 Å². The fourth-order valence-corrected chi connectivity index (χ4v) is 2.06. The number of para-hydroxylation sites is 1. The van der Waals surface area contributed by atoms with E-state index in [0.717, 1.165) is 11.8 Å². The van der Waals surface area contributed by atoms with Crippen LogP contribution in [-0.2, 0) is 6.18 Å². The van der Waals surface area contributed by atoms with Gasteiger partial charge in [0.2, 0.25) is 0 Å². The number of nitrogens with one attached hydrogen (secondary N) is 1. The zero-order valence-electron chi connectivity index (χ0n) is 10.7. The van der Waals surface area contributed by atoms with Gasteiger partial charge in [-0.2, -0.15) is 13.2 Å². The molecule has 2 aromatic rings. The molecule has 0 heterocycles. The van der Waals surface area contributed by atoms with Crippen molar-refractivity contribution in [1.82, 2.24) is 0 Å². The van der Waals surface area contributed by atoms with Crippen molar-refractivity contribution in [2.24, 2.45) is 5.73 Å². The van der Waals surface area contributed by atoms with Crippen LogP contribution in [0.25, 0.3) is 0 Å². The van der Waals surface area contributed by atoms with Gasteiger partial charge in [0.05, 0.1) is 11.6 Å². The summed E-state index contributed by atoms with van der Waals surface area (Å²) in [6.07, 6.45) is -4.39. The molecule has 20 heavy (non-hydrogen) atoms. The first-order valence-electron chi connectivity index (χ1n) is 6.20. The minimum Gasteiger partial charge on any atom is -0.377 e. The highest BCUT2D eigenvalue weighted by atomic mass is 19.4. The molecule has 5 heteroatoms. The van der Waals surface area contributed by atoms with E-state index < -0.39 is 17.8 Å². The Hall–Kier alpha value is -2.01. The molecule has 0 aliphatic heterocycles. The van der Waals surface area contributed by atoms with Gasteiger partial charge in [-0.05, 0) is 23.8 Å². The van der Waals surface area contributed by atoms with E-state index in [2.05, 4.69) is 5.32 Å². The summed E-state index contributed by atoms with van der Waals surface area (Å²) < 4.78 is 39.0. The Bertz CT molecular complexity index is 553. The van der Waals surface area contributed by atoms with Gasteiger partial charge in [-0.25, -0.2) is 0 Å². The number of benzene rings is 2. The molecule has 2 rings (SSSR count).